The summed E-state index contributed by atoms with van der Waals surface area (Å²) in [4.78, 5) is 12.6. The summed E-state index contributed by atoms with van der Waals surface area (Å²) in [7, 11) is 0. The molecule has 148 valence electrons. The van der Waals surface area contributed by atoms with E-state index in [1.807, 2.05) is 30.3 Å². The van der Waals surface area contributed by atoms with Crippen LogP contribution in [0.3, 0.4) is 0 Å². The van der Waals surface area contributed by atoms with Gasteiger partial charge < -0.3 is 5.32 Å². The van der Waals surface area contributed by atoms with Gasteiger partial charge in [-0.05, 0) is 32.4 Å². The fraction of sp³-hybridized carbons (Fsp3) is 0.316. The van der Waals surface area contributed by atoms with Gasteiger partial charge in [0.15, 0.2) is 5.69 Å². The summed E-state index contributed by atoms with van der Waals surface area (Å²) in [5, 5.41) is 10.7. The number of carbonyl (C=O) groups is 1. The lowest BCUT2D eigenvalue weighted by molar-refractivity contribution is -0.141. The van der Waals surface area contributed by atoms with Gasteiger partial charge >= 0.3 is 6.18 Å². The van der Waals surface area contributed by atoms with Crippen molar-refractivity contribution in [1.82, 2.24) is 19.6 Å². The molecular weight excluding hydrogens is 371 g/mol. The van der Waals surface area contributed by atoms with Crippen LogP contribution in [0.15, 0.2) is 42.5 Å². The molecular formula is C19H20F3N5O. The minimum absolute atomic E-state index is 0.254. The molecule has 3 rings (SSSR count). The van der Waals surface area contributed by atoms with Crippen LogP contribution in [-0.4, -0.2) is 25.5 Å². The average molecular weight is 391 g/mol. The van der Waals surface area contributed by atoms with Crippen LogP contribution in [0.1, 0.15) is 35.6 Å². The summed E-state index contributed by atoms with van der Waals surface area (Å²) in [6, 6.07) is 11.3. The average Bonchev–Trinajstić information content (AvgIpc) is 3.17. The third-order valence-electron chi connectivity index (χ3n) is 4.29. The number of benzene rings is 1. The van der Waals surface area contributed by atoms with Gasteiger partial charge in [-0.1, -0.05) is 30.3 Å². The van der Waals surface area contributed by atoms with Gasteiger partial charge in [-0.2, -0.15) is 23.4 Å². The molecule has 0 bridgehead atoms. The van der Waals surface area contributed by atoms with E-state index < -0.39 is 23.8 Å². The molecule has 0 saturated carbocycles. The van der Waals surface area contributed by atoms with E-state index in [1.54, 1.807) is 17.7 Å². The van der Waals surface area contributed by atoms with Gasteiger partial charge in [-0.15, -0.1) is 0 Å². The van der Waals surface area contributed by atoms with E-state index in [0.29, 0.717) is 18.1 Å². The zero-order valence-corrected chi connectivity index (χ0v) is 15.7. The van der Waals surface area contributed by atoms with Crippen molar-refractivity contribution in [3.05, 3.63) is 65.1 Å². The summed E-state index contributed by atoms with van der Waals surface area (Å²) in [5.74, 6) is -0.00630. The molecule has 0 saturated heterocycles. The standard InChI is InChI=1S/C19H20F3N5O/c1-12-9-17(26(24-12)11-15-7-5-4-6-8-15)23-18(28)14(3)27-13(2)10-16(25-27)19(20,21)22/h4-10,14H,11H2,1-3H3,(H,23,28). The SMILES string of the molecule is Cc1cc(NC(=O)C(C)n2nc(C(F)(F)F)cc2C)n(Cc2ccccc2)n1. The number of nitrogens with zero attached hydrogens (tertiary/aromatic N) is 4. The highest BCUT2D eigenvalue weighted by Crippen LogP contribution is 2.29. The second-order valence-corrected chi connectivity index (χ2v) is 6.59. The molecule has 1 amide bonds. The molecule has 3 aromatic rings. The van der Waals surface area contributed by atoms with Crippen LogP contribution in [0, 0.1) is 13.8 Å². The molecule has 0 fully saturated rings. The van der Waals surface area contributed by atoms with E-state index in [9.17, 15) is 18.0 Å². The predicted octanol–water partition coefficient (Wildman–Crippen LogP) is 3.96. The van der Waals surface area contributed by atoms with Crippen LogP contribution < -0.4 is 5.32 Å². The van der Waals surface area contributed by atoms with Crippen molar-refractivity contribution < 1.29 is 18.0 Å². The second-order valence-electron chi connectivity index (χ2n) is 6.59. The quantitative estimate of drug-likeness (QED) is 0.716. The van der Waals surface area contributed by atoms with E-state index in [1.165, 1.54) is 13.8 Å². The number of hydrogen-bond donors (Lipinski definition) is 1. The number of aromatic nitrogens is 4. The first-order chi connectivity index (χ1) is 13.1. The Bertz CT molecular complexity index is 975. The molecule has 2 aromatic heterocycles. The molecule has 6 nitrogen and oxygen atoms in total. The lowest BCUT2D eigenvalue weighted by Crippen LogP contribution is -2.26. The number of aryl methyl sites for hydroxylation is 2. The van der Waals surface area contributed by atoms with Gasteiger partial charge in [0.2, 0.25) is 5.91 Å². The van der Waals surface area contributed by atoms with E-state index in [-0.39, 0.29) is 5.69 Å². The Labute approximate surface area is 160 Å². The van der Waals surface area contributed by atoms with Crippen molar-refractivity contribution in [2.45, 2.75) is 39.5 Å². The molecule has 1 atom stereocenters. The summed E-state index contributed by atoms with van der Waals surface area (Å²) in [6.07, 6.45) is -4.56. The van der Waals surface area contributed by atoms with Gasteiger partial charge in [0.05, 0.1) is 12.2 Å². The maximum absolute atomic E-state index is 12.9. The molecule has 0 radical (unpaired) electrons. The number of alkyl halides is 3. The van der Waals surface area contributed by atoms with Crippen molar-refractivity contribution in [3.8, 4) is 0 Å². The number of hydrogen-bond acceptors (Lipinski definition) is 3. The summed E-state index contributed by atoms with van der Waals surface area (Å²) in [6.45, 7) is 5.24. The minimum Gasteiger partial charge on any atom is -0.309 e. The maximum atomic E-state index is 12.9. The Morgan fingerprint density at radius 1 is 1.14 bits per heavy atom. The van der Waals surface area contributed by atoms with Gasteiger partial charge in [0, 0.05) is 11.8 Å². The van der Waals surface area contributed by atoms with Crippen LogP contribution in [0.2, 0.25) is 0 Å². The molecule has 0 aliphatic carbocycles. The Balaban J connectivity index is 1.79. The molecule has 28 heavy (non-hydrogen) atoms. The zero-order chi connectivity index (χ0) is 20.5. The van der Waals surface area contributed by atoms with Gasteiger partial charge in [0.1, 0.15) is 11.9 Å². The van der Waals surface area contributed by atoms with Crippen LogP contribution in [0.4, 0.5) is 19.0 Å². The lowest BCUT2D eigenvalue weighted by Gasteiger charge is -2.15. The van der Waals surface area contributed by atoms with Crippen molar-refractivity contribution in [2.75, 3.05) is 5.32 Å². The first kappa shape index (κ1) is 19.7. The van der Waals surface area contributed by atoms with E-state index in [0.717, 1.165) is 16.3 Å². The fourth-order valence-electron chi connectivity index (χ4n) is 2.88. The molecule has 1 aromatic carbocycles. The Morgan fingerprint density at radius 2 is 1.82 bits per heavy atom. The van der Waals surface area contributed by atoms with E-state index in [2.05, 4.69) is 15.5 Å². The second kappa shape index (κ2) is 7.49. The molecule has 2 heterocycles. The molecule has 0 spiro atoms. The number of halogens is 3. The summed E-state index contributed by atoms with van der Waals surface area (Å²) in [5.41, 5.74) is 0.957. The van der Waals surface area contributed by atoms with Crippen molar-refractivity contribution in [1.29, 1.82) is 0 Å². The van der Waals surface area contributed by atoms with Gasteiger partial charge in [-0.25, -0.2) is 4.68 Å². The molecule has 9 heteroatoms. The van der Waals surface area contributed by atoms with Crippen LogP contribution >= 0.6 is 0 Å². The zero-order valence-electron chi connectivity index (χ0n) is 15.7. The van der Waals surface area contributed by atoms with Gasteiger partial charge in [-0.3, -0.25) is 9.48 Å². The third-order valence-corrected chi connectivity index (χ3v) is 4.29. The number of carbonyl (C=O) groups excluding carboxylic acids is 1. The van der Waals surface area contributed by atoms with Crippen molar-refractivity contribution in [3.63, 3.8) is 0 Å². The molecule has 1 unspecified atom stereocenters. The highest BCUT2D eigenvalue weighted by atomic mass is 19.4. The highest BCUT2D eigenvalue weighted by molar-refractivity contribution is 5.92. The Morgan fingerprint density at radius 3 is 2.43 bits per heavy atom. The summed E-state index contributed by atoms with van der Waals surface area (Å²) < 4.78 is 41.3. The Hall–Kier alpha value is -3.10. The highest BCUT2D eigenvalue weighted by Gasteiger charge is 2.35. The van der Waals surface area contributed by atoms with Crippen molar-refractivity contribution in [2.24, 2.45) is 0 Å². The normalized spacial score (nSPS) is 12.8. The van der Waals surface area contributed by atoms with Crippen LogP contribution in [-0.2, 0) is 17.5 Å². The number of amides is 1. The van der Waals surface area contributed by atoms with E-state index in [4.69, 9.17) is 0 Å². The Kier molecular flexibility index (Phi) is 5.26. The third kappa shape index (κ3) is 4.24. The topological polar surface area (TPSA) is 64.7 Å². The largest absolute Gasteiger partial charge is 0.435 e. The van der Waals surface area contributed by atoms with Crippen molar-refractivity contribution >= 4 is 11.7 Å². The first-order valence-corrected chi connectivity index (χ1v) is 8.67. The van der Waals surface area contributed by atoms with E-state index >= 15 is 0 Å². The smallest absolute Gasteiger partial charge is 0.309 e. The molecule has 0 aliphatic heterocycles. The maximum Gasteiger partial charge on any atom is 0.435 e. The number of anilines is 1. The molecule has 0 aliphatic rings. The first-order valence-electron chi connectivity index (χ1n) is 8.67. The van der Waals surface area contributed by atoms with Gasteiger partial charge in [0.25, 0.3) is 0 Å². The summed E-state index contributed by atoms with van der Waals surface area (Å²) >= 11 is 0. The number of rotatable bonds is 5. The fourth-order valence-corrected chi connectivity index (χ4v) is 2.88. The monoisotopic (exact) mass is 391 g/mol. The number of nitrogens with one attached hydrogen (secondary N) is 1. The minimum atomic E-state index is -4.56. The predicted molar refractivity (Wildman–Crippen MR) is 97.8 cm³/mol. The molecule has 1 N–H and O–H groups in total. The lowest BCUT2D eigenvalue weighted by atomic mass is 10.2. The van der Waals surface area contributed by atoms with Crippen LogP contribution in [0.5, 0.6) is 0 Å². The van der Waals surface area contributed by atoms with Crippen LogP contribution in [0.25, 0.3) is 0 Å².